The number of halogens is 1. The Morgan fingerprint density at radius 3 is 3.06 bits per heavy atom. The van der Waals surface area contributed by atoms with E-state index >= 15 is 0 Å². The molecule has 3 rings (SSSR count). The summed E-state index contributed by atoms with van der Waals surface area (Å²) in [4.78, 5) is 15.1. The molecule has 1 heterocycles. The number of amides is 1. The monoisotopic (exact) mass is 292 g/mol. The number of rotatable bonds is 3. The fraction of sp³-hybridized carbons (Fsp3) is 0.308. The van der Waals surface area contributed by atoms with Crippen molar-refractivity contribution in [1.29, 1.82) is 0 Å². The van der Waals surface area contributed by atoms with Gasteiger partial charge in [-0.3, -0.25) is 4.79 Å². The molecule has 0 atom stereocenters. The Balaban J connectivity index is 1.85. The molecule has 88 valence electrons. The lowest BCUT2D eigenvalue weighted by Gasteiger charge is -2.02. The molecule has 0 spiro atoms. The summed E-state index contributed by atoms with van der Waals surface area (Å²) in [6, 6.07) is 5.89. The molecule has 0 bridgehead atoms. The molecule has 0 saturated heterocycles. The third-order valence-corrected chi connectivity index (χ3v) is 3.63. The zero-order chi connectivity index (χ0) is 11.8. The van der Waals surface area contributed by atoms with Gasteiger partial charge in [0.2, 0.25) is 0 Å². The largest absolute Gasteiger partial charge is 0.360 e. The van der Waals surface area contributed by atoms with E-state index in [1.165, 1.54) is 12.8 Å². The molecular weight excluding hydrogens is 280 g/mol. The molecule has 1 aliphatic rings. The molecule has 17 heavy (non-hydrogen) atoms. The van der Waals surface area contributed by atoms with Crippen LogP contribution in [0.3, 0.4) is 0 Å². The highest BCUT2D eigenvalue weighted by Crippen LogP contribution is 2.28. The van der Waals surface area contributed by atoms with E-state index in [1.54, 1.807) is 6.20 Å². The van der Waals surface area contributed by atoms with Crippen LogP contribution in [0.2, 0.25) is 0 Å². The minimum Gasteiger partial charge on any atom is -0.360 e. The van der Waals surface area contributed by atoms with Crippen LogP contribution in [-0.2, 0) is 0 Å². The first-order valence-electron chi connectivity index (χ1n) is 5.79. The molecule has 3 nitrogen and oxygen atoms in total. The van der Waals surface area contributed by atoms with Gasteiger partial charge in [0, 0.05) is 28.1 Å². The van der Waals surface area contributed by atoms with Crippen molar-refractivity contribution in [1.82, 2.24) is 10.3 Å². The molecule has 0 unspecified atom stereocenters. The van der Waals surface area contributed by atoms with E-state index in [1.807, 2.05) is 18.2 Å². The third kappa shape index (κ3) is 2.22. The summed E-state index contributed by atoms with van der Waals surface area (Å²) in [5.74, 6) is 0.726. The fourth-order valence-electron chi connectivity index (χ4n) is 1.94. The van der Waals surface area contributed by atoms with Crippen molar-refractivity contribution in [3.05, 3.63) is 34.4 Å². The first-order valence-corrected chi connectivity index (χ1v) is 6.58. The Labute approximate surface area is 108 Å². The highest BCUT2D eigenvalue weighted by Gasteiger charge is 2.22. The standard InChI is InChI=1S/C13H13BrN2O/c14-9-3-4-10-11(7-15-12(10)5-9)13(17)16-6-8-1-2-8/h3-5,7-8,15H,1-2,6H2,(H,16,17). The van der Waals surface area contributed by atoms with Crippen LogP contribution in [0.25, 0.3) is 10.9 Å². The van der Waals surface area contributed by atoms with Gasteiger partial charge in [0.05, 0.1) is 5.56 Å². The van der Waals surface area contributed by atoms with E-state index < -0.39 is 0 Å². The van der Waals surface area contributed by atoms with Crippen molar-refractivity contribution < 1.29 is 4.79 Å². The first kappa shape index (κ1) is 10.8. The molecule has 2 aromatic rings. The van der Waals surface area contributed by atoms with Gasteiger partial charge in [-0.15, -0.1) is 0 Å². The number of hydrogen-bond acceptors (Lipinski definition) is 1. The van der Waals surface area contributed by atoms with Crippen molar-refractivity contribution >= 4 is 32.7 Å². The molecule has 1 amide bonds. The maximum Gasteiger partial charge on any atom is 0.253 e. The molecule has 1 fully saturated rings. The summed E-state index contributed by atoms with van der Waals surface area (Å²) in [5.41, 5.74) is 1.71. The zero-order valence-corrected chi connectivity index (χ0v) is 10.9. The van der Waals surface area contributed by atoms with E-state index in [2.05, 4.69) is 26.2 Å². The summed E-state index contributed by atoms with van der Waals surface area (Å²) in [6.07, 6.45) is 4.28. The molecule has 0 aliphatic heterocycles. The van der Waals surface area contributed by atoms with E-state index in [-0.39, 0.29) is 5.91 Å². The number of carbonyl (C=O) groups is 1. The Morgan fingerprint density at radius 2 is 2.29 bits per heavy atom. The van der Waals surface area contributed by atoms with Crippen molar-refractivity contribution in [3.63, 3.8) is 0 Å². The Kier molecular flexibility index (Phi) is 2.67. The van der Waals surface area contributed by atoms with Crippen molar-refractivity contribution in [2.75, 3.05) is 6.54 Å². The number of aromatic amines is 1. The van der Waals surface area contributed by atoms with Crippen molar-refractivity contribution in [2.24, 2.45) is 5.92 Å². The molecule has 1 aromatic heterocycles. The molecule has 1 aromatic carbocycles. The topological polar surface area (TPSA) is 44.9 Å². The van der Waals surface area contributed by atoms with Gasteiger partial charge < -0.3 is 10.3 Å². The van der Waals surface area contributed by atoms with Gasteiger partial charge in [0.1, 0.15) is 0 Å². The van der Waals surface area contributed by atoms with Gasteiger partial charge >= 0.3 is 0 Å². The summed E-state index contributed by atoms with van der Waals surface area (Å²) in [6.45, 7) is 0.808. The normalized spacial score (nSPS) is 15.1. The Hall–Kier alpha value is -1.29. The molecule has 1 aliphatic carbocycles. The number of carbonyl (C=O) groups excluding carboxylic acids is 1. The van der Waals surface area contributed by atoms with Crippen LogP contribution in [0.1, 0.15) is 23.2 Å². The fourth-order valence-corrected chi connectivity index (χ4v) is 2.30. The second-order valence-corrected chi connectivity index (χ2v) is 5.46. The van der Waals surface area contributed by atoms with E-state index in [0.29, 0.717) is 5.92 Å². The first-order chi connectivity index (χ1) is 8.24. The maximum atomic E-state index is 12.0. The molecular formula is C13H13BrN2O. The van der Waals surface area contributed by atoms with Gasteiger partial charge in [-0.1, -0.05) is 22.0 Å². The lowest BCUT2D eigenvalue weighted by atomic mass is 10.1. The summed E-state index contributed by atoms with van der Waals surface area (Å²) in [7, 11) is 0. The molecule has 0 radical (unpaired) electrons. The average Bonchev–Trinajstić information content (AvgIpc) is 3.05. The molecule has 1 saturated carbocycles. The van der Waals surface area contributed by atoms with Crippen LogP contribution >= 0.6 is 15.9 Å². The zero-order valence-electron chi connectivity index (χ0n) is 9.29. The van der Waals surface area contributed by atoms with Crippen molar-refractivity contribution in [2.45, 2.75) is 12.8 Å². The quantitative estimate of drug-likeness (QED) is 0.897. The van der Waals surface area contributed by atoms with E-state index in [4.69, 9.17) is 0 Å². The van der Waals surface area contributed by atoms with Crippen LogP contribution in [-0.4, -0.2) is 17.4 Å². The van der Waals surface area contributed by atoms with Crippen LogP contribution in [0, 0.1) is 5.92 Å². The number of fused-ring (bicyclic) bond motifs is 1. The SMILES string of the molecule is O=C(NCC1CC1)c1c[nH]c2cc(Br)ccc12. The van der Waals surface area contributed by atoms with E-state index in [9.17, 15) is 4.79 Å². The average molecular weight is 293 g/mol. The Bertz CT molecular complexity index is 572. The van der Waals surface area contributed by atoms with Crippen LogP contribution in [0.15, 0.2) is 28.9 Å². The maximum absolute atomic E-state index is 12.0. The molecule has 4 heteroatoms. The second kappa shape index (κ2) is 4.18. The number of benzene rings is 1. The summed E-state index contributed by atoms with van der Waals surface area (Å²) < 4.78 is 1.01. The van der Waals surface area contributed by atoms with Crippen LogP contribution in [0.5, 0.6) is 0 Å². The predicted molar refractivity (Wildman–Crippen MR) is 71.1 cm³/mol. The number of H-pyrrole nitrogens is 1. The highest BCUT2D eigenvalue weighted by molar-refractivity contribution is 9.10. The third-order valence-electron chi connectivity index (χ3n) is 3.14. The summed E-state index contributed by atoms with van der Waals surface area (Å²) in [5, 5.41) is 3.96. The van der Waals surface area contributed by atoms with Crippen LogP contribution in [0.4, 0.5) is 0 Å². The minimum absolute atomic E-state index is 0.0190. The number of aromatic nitrogens is 1. The minimum atomic E-state index is 0.0190. The van der Waals surface area contributed by atoms with Crippen molar-refractivity contribution in [3.8, 4) is 0 Å². The van der Waals surface area contributed by atoms with E-state index in [0.717, 1.165) is 27.5 Å². The highest BCUT2D eigenvalue weighted by atomic mass is 79.9. The summed E-state index contributed by atoms with van der Waals surface area (Å²) >= 11 is 3.42. The second-order valence-electron chi connectivity index (χ2n) is 4.55. The van der Waals surface area contributed by atoms with Gasteiger partial charge in [-0.25, -0.2) is 0 Å². The van der Waals surface area contributed by atoms with Gasteiger partial charge in [0.25, 0.3) is 5.91 Å². The van der Waals surface area contributed by atoms with Gasteiger partial charge in [-0.2, -0.15) is 0 Å². The van der Waals surface area contributed by atoms with Crippen LogP contribution < -0.4 is 5.32 Å². The lowest BCUT2D eigenvalue weighted by molar-refractivity contribution is 0.0953. The van der Waals surface area contributed by atoms with Gasteiger partial charge in [-0.05, 0) is 30.9 Å². The molecule has 2 N–H and O–H groups in total. The van der Waals surface area contributed by atoms with Gasteiger partial charge in [0.15, 0.2) is 0 Å². The smallest absolute Gasteiger partial charge is 0.253 e. The predicted octanol–water partition coefficient (Wildman–Crippen LogP) is 3.07. The number of hydrogen-bond donors (Lipinski definition) is 2. The Morgan fingerprint density at radius 1 is 1.47 bits per heavy atom. The lowest BCUT2D eigenvalue weighted by Crippen LogP contribution is -2.25. The number of nitrogens with one attached hydrogen (secondary N) is 2.